The third-order valence-corrected chi connectivity index (χ3v) is 6.71. The number of benzene rings is 2. The van der Waals surface area contributed by atoms with E-state index in [2.05, 4.69) is 5.32 Å². The second kappa shape index (κ2) is 8.28. The van der Waals surface area contributed by atoms with Gasteiger partial charge in [-0.25, -0.2) is 12.8 Å². The Morgan fingerprint density at radius 3 is 2.50 bits per heavy atom. The molecule has 0 spiro atoms. The Labute approximate surface area is 164 Å². The predicted octanol–water partition coefficient (Wildman–Crippen LogP) is 3.57. The zero-order valence-corrected chi connectivity index (χ0v) is 16.7. The Morgan fingerprint density at radius 2 is 1.82 bits per heavy atom. The van der Waals surface area contributed by atoms with Crippen molar-refractivity contribution < 1.29 is 22.3 Å². The van der Waals surface area contributed by atoms with Crippen molar-refractivity contribution in [3.63, 3.8) is 0 Å². The van der Waals surface area contributed by atoms with Gasteiger partial charge >= 0.3 is 0 Å². The Bertz CT molecular complexity index is 986. The number of carbonyl (C=O) groups excluding carboxylic acids is 1. The first kappa shape index (κ1) is 20.3. The quantitative estimate of drug-likeness (QED) is 0.824. The summed E-state index contributed by atoms with van der Waals surface area (Å²) in [5, 5.41) is 2.65. The van der Waals surface area contributed by atoms with Gasteiger partial charge in [0.05, 0.1) is 17.7 Å². The van der Waals surface area contributed by atoms with E-state index in [4.69, 9.17) is 4.74 Å². The van der Waals surface area contributed by atoms with Crippen molar-refractivity contribution in [1.82, 2.24) is 4.31 Å². The van der Waals surface area contributed by atoms with Gasteiger partial charge in [-0.3, -0.25) is 4.79 Å². The topological polar surface area (TPSA) is 75.7 Å². The molecule has 1 fully saturated rings. The van der Waals surface area contributed by atoms with Crippen LogP contribution in [0.25, 0.3) is 0 Å². The summed E-state index contributed by atoms with van der Waals surface area (Å²) in [5.41, 5.74) is 0.996. The van der Waals surface area contributed by atoms with Crippen molar-refractivity contribution in [2.75, 3.05) is 25.5 Å². The second-order valence-electron chi connectivity index (χ2n) is 6.74. The van der Waals surface area contributed by atoms with Crippen LogP contribution in [0.2, 0.25) is 0 Å². The van der Waals surface area contributed by atoms with Gasteiger partial charge in [0.1, 0.15) is 11.6 Å². The van der Waals surface area contributed by atoms with Crippen LogP contribution < -0.4 is 10.1 Å². The zero-order valence-electron chi connectivity index (χ0n) is 15.9. The highest BCUT2D eigenvalue weighted by molar-refractivity contribution is 7.89. The lowest BCUT2D eigenvalue weighted by Gasteiger charge is -2.26. The molecule has 2 aromatic rings. The summed E-state index contributed by atoms with van der Waals surface area (Å²) < 4.78 is 46.1. The summed E-state index contributed by atoms with van der Waals surface area (Å²) in [7, 11) is -2.23. The summed E-state index contributed by atoms with van der Waals surface area (Å²) >= 11 is 0. The second-order valence-corrected chi connectivity index (χ2v) is 8.68. The van der Waals surface area contributed by atoms with Crippen molar-refractivity contribution in [2.45, 2.75) is 31.1 Å². The Kier molecular flexibility index (Phi) is 6.00. The molecule has 8 heteroatoms. The third-order valence-electron chi connectivity index (χ3n) is 4.82. The average Bonchev–Trinajstić information content (AvgIpc) is 2.70. The lowest BCUT2D eigenvalue weighted by atomic mass is 10.1. The van der Waals surface area contributed by atoms with E-state index in [-0.39, 0.29) is 16.1 Å². The molecule has 0 atom stereocenters. The Morgan fingerprint density at radius 1 is 1.11 bits per heavy atom. The van der Waals surface area contributed by atoms with Crippen molar-refractivity contribution in [2.24, 2.45) is 0 Å². The molecule has 150 valence electrons. The maximum absolute atomic E-state index is 13.5. The third kappa shape index (κ3) is 4.18. The molecule has 28 heavy (non-hydrogen) atoms. The standard InChI is InChI=1S/C20H23FN2O4S/c1-14-6-7-15(21)12-17(14)20(24)22-18-13-16(8-9-19(18)27-2)28(25,26)23-10-4-3-5-11-23/h6-9,12-13H,3-5,10-11H2,1-2H3,(H,22,24). The van der Waals surface area contributed by atoms with Crippen LogP contribution in [0.15, 0.2) is 41.3 Å². The number of hydrogen-bond donors (Lipinski definition) is 1. The first-order valence-electron chi connectivity index (χ1n) is 9.08. The van der Waals surface area contributed by atoms with Crippen LogP contribution in [0, 0.1) is 12.7 Å². The smallest absolute Gasteiger partial charge is 0.256 e. The van der Waals surface area contributed by atoms with Crippen LogP contribution in [0.5, 0.6) is 5.75 Å². The van der Waals surface area contributed by atoms with Crippen LogP contribution in [0.3, 0.4) is 0 Å². The average molecular weight is 406 g/mol. The molecular formula is C20H23FN2O4S. The van der Waals surface area contributed by atoms with E-state index >= 15 is 0 Å². The van der Waals surface area contributed by atoms with Gasteiger partial charge in [0.2, 0.25) is 10.0 Å². The molecule has 1 amide bonds. The van der Waals surface area contributed by atoms with Gasteiger partial charge in [0.15, 0.2) is 0 Å². The first-order valence-corrected chi connectivity index (χ1v) is 10.5. The molecule has 0 radical (unpaired) electrons. The van der Waals surface area contributed by atoms with Gasteiger partial charge in [-0.05, 0) is 55.7 Å². The first-order chi connectivity index (χ1) is 13.3. The van der Waals surface area contributed by atoms with E-state index in [0.717, 1.165) is 25.3 Å². The van der Waals surface area contributed by atoms with Crippen LogP contribution in [0.4, 0.5) is 10.1 Å². The van der Waals surface area contributed by atoms with Gasteiger partial charge in [0, 0.05) is 18.7 Å². The largest absolute Gasteiger partial charge is 0.495 e. The van der Waals surface area contributed by atoms with Crippen LogP contribution in [0.1, 0.15) is 35.2 Å². The lowest BCUT2D eigenvalue weighted by Crippen LogP contribution is -2.35. The number of carbonyl (C=O) groups is 1. The maximum Gasteiger partial charge on any atom is 0.256 e. The number of sulfonamides is 1. The Hall–Kier alpha value is -2.45. The molecule has 1 aliphatic heterocycles. The number of piperidine rings is 1. The van der Waals surface area contributed by atoms with Gasteiger partial charge in [-0.1, -0.05) is 12.5 Å². The zero-order chi connectivity index (χ0) is 20.3. The fourth-order valence-corrected chi connectivity index (χ4v) is 4.77. The number of nitrogens with one attached hydrogen (secondary N) is 1. The van der Waals surface area contributed by atoms with Crippen molar-refractivity contribution in [3.05, 3.63) is 53.3 Å². The number of rotatable bonds is 5. The lowest BCUT2D eigenvalue weighted by molar-refractivity contribution is 0.102. The minimum atomic E-state index is -3.66. The number of ether oxygens (including phenoxy) is 1. The van der Waals surface area contributed by atoms with Crippen LogP contribution in [-0.4, -0.2) is 38.8 Å². The number of amides is 1. The number of methoxy groups -OCH3 is 1. The summed E-state index contributed by atoms with van der Waals surface area (Å²) in [4.78, 5) is 12.7. The minimum absolute atomic E-state index is 0.0847. The van der Waals surface area contributed by atoms with E-state index < -0.39 is 21.7 Å². The summed E-state index contributed by atoms with van der Waals surface area (Å²) in [6.07, 6.45) is 2.68. The highest BCUT2D eigenvalue weighted by Gasteiger charge is 2.27. The van der Waals surface area contributed by atoms with Gasteiger partial charge in [-0.15, -0.1) is 0 Å². The summed E-state index contributed by atoms with van der Waals surface area (Å²) in [6.45, 7) is 2.67. The fourth-order valence-electron chi connectivity index (χ4n) is 3.23. The van der Waals surface area contributed by atoms with Crippen LogP contribution >= 0.6 is 0 Å². The van der Waals surface area contributed by atoms with Gasteiger partial charge in [0.25, 0.3) is 5.91 Å². The van der Waals surface area contributed by atoms with Gasteiger partial charge < -0.3 is 10.1 Å². The van der Waals surface area contributed by atoms with E-state index in [1.54, 1.807) is 6.92 Å². The molecule has 1 saturated heterocycles. The molecule has 0 saturated carbocycles. The molecule has 6 nitrogen and oxygen atoms in total. The molecule has 1 heterocycles. The van der Waals surface area contributed by atoms with E-state index in [1.165, 1.54) is 41.7 Å². The molecule has 0 aliphatic carbocycles. The van der Waals surface area contributed by atoms with Crippen molar-refractivity contribution in [3.8, 4) is 5.75 Å². The number of halogens is 1. The normalized spacial score (nSPS) is 15.2. The predicted molar refractivity (Wildman–Crippen MR) is 105 cm³/mol. The minimum Gasteiger partial charge on any atom is -0.495 e. The fraction of sp³-hybridized carbons (Fsp3) is 0.350. The molecule has 1 aliphatic rings. The highest BCUT2D eigenvalue weighted by atomic mass is 32.2. The highest BCUT2D eigenvalue weighted by Crippen LogP contribution is 2.30. The van der Waals surface area contributed by atoms with Crippen molar-refractivity contribution in [1.29, 1.82) is 0 Å². The SMILES string of the molecule is COc1ccc(S(=O)(=O)N2CCCCC2)cc1NC(=O)c1cc(F)ccc1C. The van der Waals surface area contributed by atoms with Gasteiger partial charge in [-0.2, -0.15) is 4.31 Å². The maximum atomic E-state index is 13.5. The number of hydrogen-bond acceptors (Lipinski definition) is 4. The Balaban J connectivity index is 1.93. The molecule has 0 aromatic heterocycles. The number of aryl methyl sites for hydroxylation is 1. The molecule has 0 bridgehead atoms. The molecule has 2 aromatic carbocycles. The number of anilines is 1. The molecule has 3 rings (SSSR count). The molecule has 1 N–H and O–H groups in total. The number of nitrogens with zero attached hydrogens (tertiary/aromatic N) is 1. The molecular weight excluding hydrogens is 383 g/mol. The summed E-state index contributed by atoms with van der Waals surface area (Å²) in [5.74, 6) is -0.744. The van der Waals surface area contributed by atoms with E-state index in [9.17, 15) is 17.6 Å². The van der Waals surface area contributed by atoms with E-state index in [1.807, 2.05) is 0 Å². The van der Waals surface area contributed by atoms with E-state index in [0.29, 0.717) is 24.4 Å². The molecule has 0 unspecified atom stereocenters. The monoisotopic (exact) mass is 406 g/mol. The van der Waals surface area contributed by atoms with Crippen LogP contribution in [-0.2, 0) is 10.0 Å². The van der Waals surface area contributed by atoms with Crippen molar-refractivity contribution >= 4 is 21.6 Å². The summed E-state index contributed by atoms with van der Waals surface area (Å²) in [6, 6.07) is 8.29.